The maximum Gasteiger partial charge on any atom is 0.270 e. The maximum atomic E-state index is 14.1. The molecule has 1 aliphatic rings. The summed E-state index contributed by atoms with van der Waals surface area (Å²) in [5.74, 6) is 0.0776. The summed E-state index contributed by atoms with van der Waals surface area (Å²) in [4.78, 5) is 18.5. The number of carbonyl (C=O) groups is 1. The van der Waals surface area contributed by atoms with E-state index < -0.39 is 21.5 Å². The number of benzene rings is 3. The molecule has 1 fully saturated rings. The third-order valence-corrected chi connectivity index (χ3v) is 8.54. The predicted molar refractivity (Wildman–Crippen MR) is 148 cm³/mol. The van der Waals surface area contributed by atoms with Crippen molar-refractivity contribution in [1.29, 1.82) is 0 Å². The summed E-state index contributed by atoms with van der Waals surface area (Å²) in [5.41, 5.74) is 1.86. The van der Waals surface area contributed by atoms with E-state index in [0.29, 0.717) is 28.0 Å². The molecule has 3 aromatic carbocycles. The van der Waals surface area contributed by atoms with Gasteiger partial charge < -0.3 is 14.2 Å². The number of nitrogens with one attached hydrogen (secondary N) is 1. The zero-order valence-electron chi connectivity index (χ0n) is 22.2. The van der Waals surface area contributed by atoms with Gasteiger partial charge in [0.2, 0.25) is 0 Å². The van der Waals surface area contributed by atoms with E-state index in [2.05, 4.69) is 9.71 Å². The highest BCUT2D eigenvalue weighted by molar-refractivity contribution is 7.90. The van der Waals surface area contributed by atoms with Crippen molar-refractivity contribution in [3.05, 3.63) is 95.2 Å². The van der Waals surface area contributed by atoms with Gasteiger partial charge >= 0.3 is 0 Å². The van der Waals surface area contributed by atoms with Gasteiger partial charge in [-0.3, -0.25) is 9.78 Å². The van der Waals surface area contributed by atoms with Gasteiger partial charge in [0.15, 0.2) is 5.60 Å². The zero-order chi connectivity index (χ0) is 27.8. The molecule has 0 saturated carbocycles. The number of hydrogen-bond donors (Lipinski definition) is 1. The van der Waals surface area contributed by atoms with E-state index in [9.17, 15) is 13.2 Å². The summed E-state index contributed by atoms with van der Waals surface area (Å²) < 4.78 is 47.2. The normalized spacial score (nSPS) is 19.1. The predicted octanol–water partition coefficient (Wildman–Crippen LogP) is 4.77. The van der Waals surface area contributed by atoms with Crippen LogP contribution in [0, 0.1) is 13.8 Å². The molecule has 1 aliphatic heterocycles. The Bertz CT molecular complexity index is 1670. The Morgan fingerprint density at radius 3 is 2.51 bits per heavy atom. The summed E-state index contributed by atoms with van der Waals surface area (Å²) >= 11 is 0. The number of ether oxygens (including phenoxy) is 3. The Balaban J connectivity index is 1.59. The number of sulfonamides is 1. The number of amides is 1. The third-order valence-electron chi connectivity index (χ3n) is 7.15. The van der Waals surface area contributed by atoms with Crippen molar-refractivity contribution in [2.75, 3.05) is 20.8 Å². The van der Waals surface area contributed by atoms with Crippen LogP contribution >= 0.6 is 0 Å². The van der Waals surface area contributed by atoms with Crippen LogP contribution in [0.4, 0.5) is 0 Å². The fourth-order valence-electron chi connectivity index (χ4n) is 5.24. The summed E-state index contributed by atoms with van der Waals surface area (Å²) in [5, 5.41) is 0.421. The lowest BCUT2D eigenvalue weighted by Gasteiger charge is -2.29. The second-order valence-corrected chi connectivity index (χ2v) is 11.3. The molecule has 2 unspecified atom stereocenters. The smallest absolute Gasteiger partial charge is 0.270 e. The first-order valence-electron chi connectivity index (χ1n) is 12.5. The number of rotatable bonds is 7. The molecule has 0 bridgehead atoms. The van der Waals surface area contributed by atoms with Gasteiger partial charge in [0.25, 0.3) is 15.9 Å². The van der Waals surface area contributed by atoms with Crippen LogP contribution in [-0.2, 0) is 25.2 Å². The van der Waals surface area contributed by atoms with Gasteiger partial charge in [0.1, 0.15) is 11.5 Å². The van der Waals surface area contributed by atoms with Crippen LogP contribution in [-0.4, -0.2) is 40.1 Å². The van der Waals surface area contributed by atoms with Crippen molar-refractivity contribution in [3.63, 3.8) is 0 Å². The molecular weight excluding hydrogens is 516 g/mol. The van der Waals surface area contributed by atoms with Crippen molar-refractivity contribution in [2.24, 2.45) is 0 Å². The minimum Gasteiger partial charge on any atom is -0.496 e. The van der Waals surface area contributed by atoms with Gasteiger partial charge in [-0.2, -0.15) is 0 Å². The van der Waals surface area contributed by atoms with Crippen LogP contribution in [0.25, 0.3) is 10.9 Å². The van der Waals surface area contributed by atoms with Crippen LogP contribution in [0.3, 0.4) is 0 Å². The second-order valence-electron chi connectivity index (χ2n) is 9.69. The van der Waals surface area contributed by atoms with Crippen molar-refractivity contribution in [2.45, 2.75) is 36.7 Å². The Morgan fingerprint density at radius 2 is 1.74 bits per heavy atom. The Labute approximate surface area is 228 Å². The van der Waals surface area contributed by atoms with Gasteiger partial charge in [0, 0.05) is 22.6 Å². The Morgan fingerprint density at radius 1 is 0.974 bits per heavy atom. The van der Waals surface area contributed by atoms with E-state index in [4.69, 9.17) is 14.2 Å². The molecule has 1 N–H and O–H groups in total. The zero-order valence-corrected chi connectivity index (χ0v) is 23.0. The molecular formula is C30H30N2O6S. The van der Waals surface area contributed by atoms with Crippen LogP contribution in [0.2, 0.25) is 0 Å². The standard InChI is InChI=1S/C30H30N2O6S/c1-19-12-15-27(37-4)24(16-19)30(17-21(18-38-30)22-8-5-6-10-26(22)36-3)29(33)32-39(34,35)28-11-7-9-25-23(28)14-13-20(2)31-25/h5-16,21H,17-18H2,1-4H3,(H,32,33). The number of nitrogens with zero attached hydrogens (tertiary/aromatic N) is 1. The number of carbonyl (C=O) groups excluding carboxylic acids is 1. The van der Waals surface area contributed by atoms with Crippen LogP contribution < -0.4 is 14.2 Å². The molecule has 39 heavy (non-hydrogen) atoms. The summed E-state index contributed by atoms with van der Waals surface area (Å²) in [6, 6.07) is 21.2. The van der Waals surface area contributed by atoms with E-state index in [1.165, 1.54) is 13.2 Å². The van der Waals surface area contributed by atoms with E-state index in [1.54, 1.807) is 43.5 Å². The summed E-state index contributed by atoms with van der Waals surface area (Å²) in [6.45, 7) is 3.91. The molecule has 1 amide bonds. The average molecular weight is 547 g/mol. The van der Waals surface area contributed by atoms with Gasteiger partial charge in [-0.05, 0) is 68.3 Å². The fraction of sp³-hybridized carbons (Fsp3) is 0.267. The number of methoxy groups -OCH3 is 2. The topological polar surface area (TPSA) is 104 Å². The number of aryl methyl sites for hydroxylation is 2. The number of aromatic nitrogens is 1. The van der Waals surface area contributed by atoms with Crippen LogP contribution in [0.5, 0.6) is 11.5 Å². The van der Waals surface area contributed by atoms with Crippen molar-refractivity contribution in [3.8, 4) is 11.5 Å². The molecule has 9 heteroatoms. The molecule has 0 aliphatic carbocycles. The first-order valence-corrected chi connectivity index (χ1v) is 14.0. The maximum absolute atomic E-state index is 14.1. The quantitative estimate of drug-likeness (QED) is 0.356. The number of para-hydroxylation sites is 1. The molecule has 2 heterocycles. The van der Waals surface area contributed by atoms with Gasteiger partial charge in [0.05, 0.1) is 31.2 Å². The third kappa shape index (κ3) is 4.84. The number of hydrogen-bond acceptors (Lipinski definition) is 7. The van der Waals surface area contributed by atoms with E-state index in [-0.39, 0.29) is 23.8 Å². The van der Waals surface area contributed by atoms with Gasteiger partial charge in [-0.25, -0.2) is 13.1 Å². The van der Waals surface area contributed by atoms with Crippen LogP contribution in [0.1, 0.15) is 34.7 Å². The van der Waals surface area contributed by atoms with E-state index in [0.717, 1.165) is 16.8 Å². The first kappa shape index (κ1) is 26.6. The summed E-state index contributed by atoms with van der Waals surface area (Å²) in [7, 11) is -1.20. The highest BCUT2D eigenvalue weighted by Gasteiger charge is 2.52. The van der Waals surface area contributed by atoms with E-state index >= 15 is 0 Å². The van der Waals surface area contributed by atoms with Gasteiger partial charge in [-0.15, -0.1) is 0 Å². The van der Waals surface area contributed by atoms with Crippen molar-refractivity contribution >= 4 is 26.8 Å². The molecule has 8 nitrogen and oxygen atoms in total. The molecule has 0 radical (unpaired) electrons. The average Bonchev–Trinajstić information content (AvgIpc) is 3.39. The van der Waals surface area contributed by atoms with Crippen molar-refractivity contribution in [1.82, 2.24) is 9.71 Å². The SMILES string of the molecule is COc1ccccc1C1COC(C(=O)NS(=O)(=O)c2cccc3nc(C)ccc23)(c2cc(C)ccc2OC)C1. The molecule has 0 spiro atoms. The molecule has 2 atom stereocenters. The lowest BCUT2D eigenvalue weighted by molar-refractivity contribution is -0.140. The highest BCUT2D eigenvalue weighted by Crippen LogP contribution is 2.48. The largest absolute Gasteiger partial charge is 0.496 e. The minimum atomic E-state index is -4.29. The lowest BCUT2D eigenvalue weighted by Crippen LogP contribution is -2.46. The van der Waals surface area contributed by atoms with Crippen molar-refractivity contribution < 1.29 is 27.4 Å². The molecule has 202 valence electrons. The monoisotopic (exact) mass is 546 g/mol. The Kier molecular flexibility index (Phi) is 7.05. The first-order chi connectivity index (χ1) is 18.7. The highest BCUT2D eigenvalue weighted by atomic mass is 32.2. The molecule has 4 aromatic rings. The van der Waals surface area contributed by atoms with E-state index in [1.807, 2.05) is 44.2 Å². The number of pyridine rings is 1. The second kappa shape index (κ2) is 10.3. The molecule has 1 saturated heterocycles. The minimum absolute atomic E-state index is 0.0357. The van der Waals surface area contributed by atoms with Gasteiger partial charge in [-0.1, -0.05) is 35.9 Å². The molecule has 5 rings (SSSR count). The fourth-order valence-corrected chi connectivity index (χ4v) is 6.48. The lowest BCUT2D eigenvalue weighted by atomic mass is 9.83. The number of fused-ring (bicyclic) bond motifs is 1. The summed E-state index contributed by atoms with van der Waals surface area (Å²) in [6.07, 6.45) is 0.185. The molecule has 1 aromatic heterocycles. The van der Waals surface area contributed by atoms with Crippen LogP contribution in [0.15, 0.2) is 77.7 Å². The Hall–Kier alpha value is -3.95.